The third-order valence-corrected chi connectivity index (χ3v) is 7.78. The highest BCUT2D eigenvalue weighted by Crippen LogP contribution is 2.29. The van der Waals surface area contributed by atoms with Gasteiger partial charge in [-0.15, -0.1) is 0 Å². The lowest BCUT2D eigenvalue weighted by Crippen LogP contribution is -2.53. The number of aromatic nitrogens is 2. The van der Waals surface area contributed by atoms with Crippen molar-refractivity contribution in [1.82, 2.24) is 24.5 Å². The van der Waals surface area contributed by atoms with Gasteiger partial charge >= 0.3 is 0 Å². The minimum absolute atomic E-state index is 0.00576. The maximum Gasteiger partial charge on any atom is 0.274 e. The first-order valence-corrected chi connectivity index (χ1v) is 12.8. The van der Waals surface area contributed by atoms with Gasteiger partial charge in [-0.25, -0.2) is 0 Å². The summed E-state index contributed by atoms with van der Waals surface area (Å²) >= 11 is 0. The van der Waals surface area contributed by atoms with Crippen LogP contribution in [0.3, 0.4) is 0 Å². The highest BCUT2D eigenvalue weighted by molar-refractivity contribution is 5.92. The molecule has 2 saturated heterocycles. The summed E-state index contributed by atoms with van der Waals surface area (Å²) in [7, 11) is 7.44. The van der Waals surface area contributed by atoms with Crippen LogP contribution in [0.15, 0.2) is 36.5 Å². The summed E-state index contributed by atoms with van der Waals surface area (Å²) in [6.45, 7) is 2.48. The van der Waals surface area contributed by atoms with E-state index in [9.17, 15) is 9.59 Å². The average Bonchev–Trinajstić information content (AvgIpc) is 3.32. The molecule has 1 aromatic heterocycles. The smallest absolute Gasteiger partial charge is 0.274 e. The summed E-state index contributed by atoms with van der Waals surface area (Å²) in [5.41, 5.74) is 1.59. The van der Waals surface area contributed by atoms with E-state index < -0.39 is 0 Å². The molecule has 2 atom stereocenters. The number of likely N-dealkylation sites (N-methyl/N-ethyl adjacent to an activating group) is 2. The number of nitrogens with zero attached hydrogens (tertiary/aromatic N) is 5. The Labute approximate surface area is 208 Å². The normalized spacial score (nSPS) is 20.5. The summed E-state index contributed by atoms with van der Waals surface area (Å²) in [4.78, 5) is 32.7. The number of ether oxygens (including phenoxy) is 1. The zero-order chi connectivity index (χ0) is 24.9. The molecule has 0 spiro atoms. The number of methoxy groups -OCH3 is 1. The summed E-state index contributed by atoms with van der Waals surface area (Å²) in [5, 5.41) is 4.34. The molecule has 0 radical (unpaired) electrons. The topological polar surface area (TPSA) is 70.9 Å². The van der Waals surface area contributed by atoms with Crippen LogP contribution in [0.1, 0.15) is 48.2 Å². The van der Waals surface area contributed by atoms with E-state index in [1.54, 1.807) is 24.1 Å². The number of amides is 2. The van der Waals surface area contributed by atoms with E-state index in [4.69, 9.17) is 4.74 Å². The molecular formula is C27H39N5O3. The molecule has 0 N–H and O–H groups in total. The molecule has 0 saturated carbocycles. The summed E-state index contributed by atoms with van der Waals surface area (Å²) in [6.07, 6.45) is 7.55. The van der Waals surface area contributed by atoms with Crippen LogP contribution in [-0.2, 0) is 18.3 Å². The van der Waals surface area contributed by atoms with Crippen LogP contribution in [0, 0.1) is 5.92 Å². The second-order valence-corrected chi connectivity index (χ2v) is 10.1. The van der Waals surface area contributed by atoms with Gasteiger partial charge in [0.2, 0.25) is 5.91 Å². The first-order chi connectivity index (χ1) is 16.9. The maximum atomic E-state index is 13.3. The lowest BCUT2D eigenvalue weighted by atomic mass is 9.84. The van der Waals surface area contributed by atoms with Crippen molar-refractivity contribution in [2.75, 3.05) is 40.8 Å². The number of piperidine rings is 2. The van der Waals surface area contributed by atoms with Crippen molar-refractivity contribution in [3.8, 4) is 5.75 Å². The molecular weight excluding hydrogens is 442 g/mol. The average molecular weight is 482 g/mol. The van der Waals surface area contributed by atoms with Crippen molar-refractivity contribution < 1.29 is 14.3 Å². The number of hydrogen-bond donors (Lipinski definition) is 0. The van der Waals surface area contributed by atoms with Gasteiger partial charge in [0.1, 0.15) is 11.4 Å². The van der Waals surface area contributed by atoms with Crippen LogP contribution < -0.4 is 4.74 Å². The molecule has 0 aliphatic carbocycles. The van der Waals surface area contributed by atoms with Gasteiger partial charge in [0, 0.05) is 39.4 Å². The Kier molecular flexibility index (Phi) is 8.11. The SMILES string of the molecule is COc1cccc(CC(C2CCN(C(=O)C3CCCCN3C)CC2)N(C)C(=O)c2ccn(C)n2)c1. The molecule has 2 aliphatic heterocycles. The van der Waals surface area contributed by atoms with Gasteiger partial charge < -0.3 is 14.5 Å². The van der Waals surface area contributed by atoms with Gasteiger partial charge in [-0.3, -0.25) is 19.2 Å². The summed E-state index contributed by atoms with van der Waals surface area (Å²) in [5.74, 6) is 1.32. The van der Waals surface area contributed by atoms with Crippen LogP contribution >= 0.6 is 0 Å². The number of benzene rings is 1. The lowest BCUT2D eigenvalue weighted by molar-refractivity contribution is -0.139. The molecule has 2 fully saturated rings. The van der Waals surface area contributed by atoms with Gasteiger partial charge in [-0.2, -0.15) is 5.10 Å². The van der Waals surface area contributed by atoms with E-state index in [0.717, 1.165) is 63.1 Å². The second kappa shape index (κ2) is 11.2. The monoisotopic (exact) mass is 481 g/mol. The van der Waals surface area contributed by atoms with Gasteiger partial charge in [-0.1, -0.05) is 18.6 Å². The second-order valence-electron chi connectivity index (χ2n) is 10.1. The van der Waals surface area contributed by atoms with Crippen molar-refractivity contribution in [3.63, 3.8) is 0 Å². The predicted molar refractivity (Wildman–Crippen MR) is 135 cm³/mol. The molecule has 2 amide bonds. The summed E-state index contributed by atoms with van der Waals surface area (Å²) in [6, 6.07) is 9.85. The molecule has 4 rings (SSSR count). The maximum absolute atomic E-state index is 13.3. The van der Waals surface area contributed by atoms with E-state index in [1.165, 1.54) is 6.42 Å². The van der Waals surface area contributed by atoms with Gasteiger partial charge in [0.25, 0.3) is 5.91 Å². The van der Waals surface area contributed by atoms with E-state index in [2.05, 4.69) is 23.1 Å². The van der Waals surface area contributed by atoms with Crippen molar-refractivity contribution in [3.05, 3.63) is 47.8 Å². The third-order valence-electron chi connectivity index (χ3n) is 7.78. The number of likely N-dealkylation sites (tertiary alicyclic amines) is 2. The molecule has 0 bridgehead atoms. The minimum Gasteiger partial charge on any atom is -0.497 e. The Morgan fingerprint density at radius 3 is 2.54 bits per heavy atom. The van der Waals surface area contributed by atoms with Crippen LogP contribution in [-0.4, -0.2) is 89.2 Å². The van der Waals surface area contributed by atoms with Gasteiger partial charge in [0.05, 0.1) is 13.2 Å². The lowest BCUT2D eigenvalue weighted by Gasteiger charge is -2.42. The van der Waals surface area contributed by atoms with Crippen molar-refractivity contribution in [2.45, 2.75) is 50.6 Å². The van der Waals surface area contributed by atoms with Crippen LogP contribution in [0.25, 0.3) is 0 Å². The fourth-order valence-corrected chi connectivity index (χ4v) is 5.62. The van der Waals surface area contributed by atoms with Crippen molar-refractivity contribution in [1.29, 1.82) is 0 Å². The summed E-state index contributed by atoms with van der Waals surface area (Å²) < 4.78 is 7.08. The Bertz CT molecular complexity index is 1010. The molecule has 2 unspecified atom stereocenters. The molecule has 35 heavy (non-hydrogen) atoms. The first-order valence-electron chi connectivity index (χ1n) is 12.8. The Balaban J connectivity index is 1.48. The molecule has 190 valence electrons. The number of carbonyl (C=O) groups is 2. The van der Waals surface area contributed by atoms with Crippen LogP contribution in [0.4, 0.5) is 0 Å². The number of rotatable bonds is 7. The fourth-order valence-electron chi connectivity index (χ4n) is 5.62. The predicted octanol–water partition coefficient (Wildman–Crippen LogP) is 2.83. The number of carbonyl (C=O) groups excluding carboxylic acids is 2. The molecule has 2 aliphatic rings. The Morgan fingerprint density at radius 2 is 1.89 bits per heavy atom. The highest BCUT2D eigenvalue weighted by Gasteiger charge is 2.36. The van der Waals surface area contributed by atoms with Crippen LogP contribution in [0.5, 0.6) is 5.75 Å². The highest BCUT2D eigenvalue weighted by atomic mass is 16.5. The molecule has 8 heteroatoms. The fraction of sp³-hybridized carbons (Fsp3) is 0.593. The number of hydrogen-bond acceptors (Lipinski definition) is 5. The first kappa shape index (κ1) is 25.2. The quantitative estimate of drug-likeness (QED) is 0.608. The molecule has 2 aromatic rings. The van der Waals surface area contributed by atoms with Gasteiger partial charge in [0.15, 0.2) is 0 Å². The third kappa shape index (κ3) is 5.86. The zero-order valence-corrected chi connectivity index (χ0v) is 21.5. The largest absolute Gasteiger partial charge is 0.497 e. The zero-order valence-electron chi connectivity index (χ0n) is 21.5. The van der Waals surface area contributed by atoms with Crippen molar-refractivity contribution in [2.24, 2.45) is 13.0 Å². The van der Waals surface area contributed by atoms with E-state index >= 15 is 0 Å². The van der Waals surface area contributed by atoms with E-state index in [1.807, 2.05) is 42.1 Å². The molecule has 8 nitrogen and oxygen atoms in total. The molecule has 1 aromatic carbocycles. The van der Waals surface area contributed by atoms with Gasteiger partial charge in [-0.05, 0) is 75.4 Å². The number of aryl methyl sites for hydroxylation is 1. The van der Waals surface area contributed by atoms with E-state index in [0.29, 0.717) is 11.6 Å². The molecule has 3 heterocycles. The van der Waals surface area contributed by atoms with Crippen LogP contribution in [0.2, 0.25) is 0 Å². The Morgan fingerprint density at radius 1 is 1.11 bits per heavy atom. The van der Waals surface area contributed by atoms with E-state index in [-0.39, 0.29) is 23.9 Å². The van der Waals surface area contributed by atoms with Crippen molar-refractivity contribution >= 4 is 11.8 Å². The Hall–Kier alpha value is -2.87. The standard InChI is InChI=1S/C27H39N5O3/c1-29-14-6-5-10-24(29)27(34)32-16-11-21(12-17-32)25(19-20-8-7-9-22(18-20)35-4)31(3)26(33)23-13-15-30(2)28-23/h7-9,13,15,18,21,24-25H,5-6,10-12,14,16-17,19H2,1-4H3. The minimum atomic E-state index is -0.0687.